The van der Waals surface area contributed by atoms with Crippen molar-refractivity contribution < 1.29 is 109 Å². The smallest absolute Gasteiger partial charge is 0.793 e. The summed E-state index contributed by atoms with van der Waals surface area (Å²) in [6.45, 7) is 22.5. The molecule has 2 fully saturated rings. The van der Waals surface area contributed by atoms with Gasteiger partial charge < -0.3 is 52.8 Å². The monoisotopic (exact) mass is 1480 g/mol. The Morgan fingerprint density at radius 3 is 1.30 bits per heavy atom. The number of nitrogens with zero attached hydrogens (tertiary/aromatic N) is 6. The number of fused-ring (bicyclic) bond motifs is 2. The molecule has 559 valence electrons. The summed E-state index contributed by atoms with van der Waals surface area (Å²) in [4.78, 5) is 87.2. The topological polar surface area (TPSA) is 206 Å². The largest absolute Gasteiger partial charge is 1.00 e. The number of piperazine rings is 2. The Hall–Kier alpha value is -9.86. The van der Waals surface area contributed by atoms with Gasteiger partial charge in [-0.3, -0.25) is 29.0 Å². The molecule has 4 heterocycles. The number of aldehydes is 1. The van der Waals surface area contributed by atoms with Crippen molar-refractivity contribution in [3.8, 4) is 11.5 Å². The minimum atomic E-state index is -4.34. The number of hydrogen-bond acceptors (Lipinski definition) is 17. The number of nitrogens with one attached hydrogen (secondary N) is 1. The number of hydrogen-bond donors (Lipinski definition) is 2. The molecule has 2 saturated heterocycles. The standard InChI is InChI=1S/C37H39F3N4O2.C29H34N4O2.C8H5F3O.C4H6O4.C2H3BO2.Na/c1-26(2)46-35-9-4-3-8-34(35)43-20-18-42(19-21-43)25-28-6-5-7-30(22-28)36(45)44-17-16-29-23-32(14-15-33(29)44)41-24-27-10-12-31(13-11-27)37(38,39)40;1-21(2)35-28-9-4-3-8-27(28)32-16-14-31(15-17-32)20-22-6-5-7-24(18-22)29(34)33-13-12-23-19-25(30)10-11-26(23)33;9-8(10,11)7-3-1-6(5-12)2-4-7;1-3(5)7-8-4(2)6;1-2(4)5-3;/h3-15,22-23,26,41H,16-21,24-25H2,1-2H3;3-11,18-19,21H,12-17,20,30H2,1-2H3;1-5H;1-2H3;1H3;/q;;;;-1;+1. The van der Waals surface area contributed by atoms with Gasteiger partial charge in [0.1, 0.15) is 17.8 Å². The van der Waals surface area contributed by atoms with Crippen LogP contribution in [0.1, 0.15) is 118 Å². The number of carbonyl (C=O) groups is 6. The fraction of sp³-hybridized carbons (Fsp3) is 0.325. The number of anilines is 6. The van der Waals surface area contributed by atoms with Gasteiger partial charge in [0, 0.05) is 145 Å². The van der Waals surface area contributed by atoms with Gasteiger partial charge in [-0.15, -0.1) is 0 Å². The quantitative estimate of drug-likeness (QED) is 0.0230. The summed E-state index contributed by atoms with van der Waals surface area (Å²) in [5, 5.41) is 3.29. The van der Waals surface area contributed by atoms with E-state index in [-0.39, 0.29) is 59.1 Å². The predicted octanol–water partition coefficient (Wildman–Crippen LogP) is 11.4. The Kier molecular flexibility index (Phi) is 31.7. The summed E-state index contributed by atoms with van der Waals surface area (Å²) in [6, 6.07) is 53.5. The van der Waals surface area contributed by atoms with Crippen molar-refractivity contribution in [3.63, 3.8) is 0 Å². The van der Waals surface area contributed by atoms with E-state index < -0.39 is 41.4 Å². The molecule has 0 atom stereocenters. The molecule has 2 amide bonds. The number of rotatable bonds is 16. The second kappa shape index (κ2) is 40.2. The van der Waals surface area contributed by atoms with E-state index in [1.807, 2.05) is 109 Å². The van der Waals surface area contributed by atoms with Crippen LogP contribution in [0.4, 0.5) is 60.5 Å². The van der Waals surface area contributed by atoms with Crippen molar-refractivity contribution in [1.82, 2.24) is 9.80 Å². The third-order valence-corrected chi connectivity index (χ3v) is 17.1. The third kappa shape index (κ3) is 25.7. The van der Waals surface area contributed by atoms with Crippen molar-refractivity contribution in [2.45, 2.75) is 106 Å². The maximum Gasteiger partial charge on any atom is 1.00 e. The molecule has 0 aromatic heterocycles. The minimum absolute atomic E-state index is 0. The molecule has 4 aliphatic rings. The fourth-order valence-electron chi connectivity index (χ4n) is 12.1. The fourth-order valence-corrected chi connectivity index (χ4v) is 12.1. The molecule has 3 N–H and O–H groups in total. The Morgan fingerprint density at radius 1 is 0.486 bits per heavy atom. The van der Waals surface area contributed by atoms with E-state index in [0.29, 0.717) is 31.5 Å². The number of halogens is 6. The van der Waals surface area contributed by atoms with Crippen LogP contribution < -0.4 is 69.7 Å². The van der Waals surface area contributed by atoms with Gasteiger partial charge in [0.25, 0.3) is 11.8 Å². The van der Waals surface area contributed by atoms with E-state index in [9.17, 15) is 55.1 Å². The minimum Gasteiger partial charge on any atom is -0.793 e. The first-order chi connectivity index (χ1) is 50.5. The number of nitrogen functional groups attached to an aromatic ring is 1. The van der Waals surface area contributed by atoms with Crippen molar-refractivity contribution in [1.29, 1.82) is 0 Å². The SMILES string of the molecule is CC(=O)OOC(C)=O.CC(C)Oc1ccccc1N1CCN(Cc2cccc(C(=O)N3CCc4cc(N)ccc43)c2)CC1.CC(C)Oc1ccccc1N1CCN(Cc2cccc(C(=O)N3CCc4cc(NCc5ccc(C(F)(F)F)cc5)ccc43)c2)CC1.O=Cc1ccc(C(F)(F)F)cc1.[B-]OC(C)=O.[Na+]. The van der Waals surface area contributed by atoms with Crippen molar-refractivity contribution >= 4 is 78.2 Å². The molecule has 0 unspecified atom stereocenters. The first-order valence-electron chi connectivity index (χ1n) is 34.6. The zero-order valence-electron chi connectivity index (χ0n) is 61.3. The Labute approximate surface area is 643 Å². The zero-order chi connectivity index (χ0) is 76.7. The van der Waals surface area contributed by atoms with Gasteiger partial charge >= 0.3 is 53.8 Å². The molecule has 8 aromatic carbocycles. The van der Waals surface area contributed by atoms with E-state index in [0.717, 1.165) is 196 Å². The van der Waals surface area contributed by atoms with Crippen LogP contribution in [-0.2, 0) is 73.6 Å². The van der Waals surface area contributed by atoms with E-state index >= 15 is 0 Å². The first-order valence-corrected chi connectivity index (χ1v) is 34.6. The number of alkyl halides is 6. The average Bonchev–Trinajstić information content (AvgIpc) is 1.72. The molecule has 107 heavy (non-hydrogen) atoms. The van der Waals surface area contributed by atoms with E-state index in [1.165, 1.54) is 30.3 Å². The van der Waals surface area contributed by atoms with Gasteiger partial charge in [0.15, 0.2) is 0 Å². The Balaban J connectivity index is 0.000000228. The number of ether oxygens (including phenoxy) is 2. The molecule has 8 aromatic rings. The number of benzene rings is 8. The second-order valence-corrected chi connectivity index (χ2v) is 25.9. The first kappa shape index (κ1) is 84.4. The molecule has 0 aliphatic carbocycles. The van der Waals surface area contributed by atoms with Crippen molar-refractivity contribution in [2.24, 2.45) is 0 Å². The summed E-state index contributed by atoms with van der Waals surface area (Å²) in [5.41, 5.74) is 17.2. The summed E-state index contributed by atoms with van der Waals surface area (Å²) in [7, 11) is 4.32. The Bertz CT molecular complexity index is 4260. The molecular formula is C80H87BF6N8NaO11. The molecule has 0 saturated carbocycles. The van der Waals surface area contributed by atoms with Crippen LogP contribution in [0.5, 0.6) is 11.5 Å². The second-order valence-electron chi connectivity index (χ2n) is 25.9. The number of carbonyl (C=O) groups excluding carboxylic acids is 6. The average molecular weight is 1480 g/mol. The summed E-state index contributed by atoms with van der Waals surface area (Å²) >= 11 is 0. The van der Waals surface area contributed by atoms with Gasteiger partial charge in [0.2, 0.25) is 5.97 Å². The third-order valence-electron chi connectivity index (χ3n) is 17.1. The molecule has 0 bridgehead atoms. The molecule has 27 heteroatoms. The van der Waals surface area contributed by atoms with Gasteiger partial charge in [-0.25, -0.2) is 19.4 Å². The van der Waals surface area contributed by atoms with E-state index in [2.05, 4.69) is 110 Å². The maximum absolute atomic E-state index is 13.7. The normalized spacial score (nSPS) is 13.9. The van der Waals surface area contributed by atoms with Gasteiger partial charge in [-0.05, 0) is 178 Å². The molecule has 0 spiro atoms. The molecule has 19 nitrogen and oxygen atoms in total. The summed E-state index contributed by atoms with van der Waals surface area (Å²) < 4.78 is 90.1. The maximum atomic E-state index is 13.7. The van der Waals surface area contributed by atoms with E-state index in [1.54, 1.807) is 0 Å². The van der Waals surface area contributed by atoms with Gasteiger partial charge in [-0.2, -0.15) is 26.3 Å². The summed E-state index contributed by atoms with van der Waals surface area (Å²) in [6.07, 6.45) is -6.31. The van der Waals surface area contributed by atoms with Crippen LogP contribution >= 0.6 is 0 Å². The molecular weight excluding hydrogens is 1400 g/mol. The number of amides is 2. The number of para-hydroxylation sites is 4. The predicted molar refractivity (Wildman–Crippen MR) is 397 cm³/mol. The van der Waals surface area contributed by atoms with Crippen LogP contribution in [0.15, 0.2) is 182 Å². The molecule has 12 rings (SSSR count). The van der Waals surface area contributed by atoms with Crippen LogP contribution in [0.25, 0.3) is 0 Å². The van der Waals surface area contributed by atoms with Gasteiger partial charge in [0.05, 0.1) is 34.7 Å². The van der Waals surface area contributed by atoms with Crippen molar-refractivity contribution in [2.75, 3.05) is 96.1 Å². The van der Waals surface area contributed by atoms with Crippen LogP contribution in [0.2, 0.25) is 0 Å². The number of nitrogens with two attached hydrogens (primary N) is 1. The molecule has 4 aliphatic heterocycles. The van der Waals surface area contributed by atoms with Crippen LogP contribution in [0.3, 0.4) is 0 Å². The summed E-state index contributed by atoms with van der Waals surface area (Å²) in [5.74, 6) is 0.171. The van der Waals surface area contributed by atoms with Crippen LogP contribution in [0, 0.1) is 0 Å². The van der Waals surface area contributed by atoms with Gasteiger partial charge in [-0.1, -0.05) is 72.8 Å². The zero-order valence-corrected chi connectivity index (χ0v) is 63.3. The van der Waals surface area contributed by atoms with Crippen LogP contribution in [-0.4, -0.2) is 132 Å². The van der Waals surface area contributed by atoms with E-state index in [4.69, 9.17) is 15.2 Å². The Morgan fingerprint density at radius 2 is 0.897 bits per heavy atom. The van der Waals surface area contributed by atoms with Crippen molar-refractivity contribution in [3.05, 3.63) is 238 Å². The molecule has 3 radical (unpaired) electrons.